The molecule has 146 valence electrons. The second kappa shape index (κ2) is 8.14. The van der Waals surface area contributed by atoms with Gasteiger partial charge in [0.05, 0.1) is 43.1 Å². The van der Waals surface area contributed by atoms with Crippen LogP contribution in [-0.4, -0.2) is 16.8 Å². The summed E-state index contributed by atoms with van der Waals surface area (Å²) in [5.74, 6) is -0.613. The van der Waals surface area contributed by atoms with E-state index in [4.69, 9.17) is 16.6 Å². The summed E-state index contributed by atoms with van der Waals surface area (Å²) in [4.78, 5) is 25.5. The molecule has 2 aliphatic carbocycles. The first kappa shape index (κ1) is 21.0. The molecule has 0 unspecified atom stereocenters. The van der Waals surface area contributed by atoms with Gasteiger partial charge in [-0.3, -0.25) is 20.4 Å². The van der Waals surface area contributed by atoms with Crippen molar-refractivity contribution < 1.29 is 10.2 Å². The van der Waals surface area contributed by atoms with Crippen LogP contribution in [0.5, 0.6) is 0 Å². The molecule has 2 aliphatic rings. The molecule has 7 heteroatoms. The summed E-state index contributed by atoms with van der Waals surface area (Å²) in [6.07, 6.45) is 1.10. The van der Waals surface area contributed by atoms with E-state index in [0.717, 1.165) is 13.0 Å². The Morgan fingerprint density at radius 1 is 0.893 bits per heavy atom. The normalized spacial score (nSPS) is 13.1. The van der Waals surface area contributed by atoms with Crippen molar-refractivity contribution in [1.82, 2.24) is 0 Å². The SMILES string of the molecule is CC(O)=c1c(=N)c2c(=O)c3ccccc3c(=O)c=2c(=N)c1=C(C)O.CCCN. The van der Waals surface area contributed by atoms with Gasteiger partial charge in [-0.25, -0.2) is 0 Å². The number of nitrogens with one attached hydrogen (secondary N) is 2. The van der Waals surface area contributed by atoms with E-state index < -0.39 is 10.9 Å². The van der Waals surface area contributed by atoms with E-state index in [2.05, 4.69) is 6.92 Å². The van der Waals surface area contributed by atoms with Gasteiger partial charge in [-0.2, -0.15) is 0 Å². The standard InChI is InChI=1S/C18H14N2O4.C3H9N/c1-7(21)11-12(8(2)22)16(20)14-13(15(11)19)17(23)9-5-3-4-6-10(9)18(14)24;1-2-3-4/h3-6,19-22H,1-2H3;2-4H2,1H3. The molecular formula is C21H23N3O4. The van der Waals surface area contributed by atoms with Gasteiger partial charge in [0.2, 0.25) is 0 Å². The lowest BCUT2D eigenvalue weighted by molar-refractivity contribution is 0.488. The number of benzene rings is 1. The van der Waals surface area contributed by atoms with Crippen LogP contribution in [0.25, 0.3) is 22.3 Å². The van der Waals surface area contributed by atoms with Gasteiger partial charge in [-0.05, 0) is 26.8 Å². The average molecular weight is 381 g/mol. The van der Waals surface area contributed by atoms with E-state index in [1.54, 1.807) is 12.1 Å². The molecule has 0 amide bonds. The minimum atomic E-state index is -0.539. The van der Waals surface area contributed by atoms with Gasteiger partial charge in [0.15, 0.2) is 10.9 Å². The number of hydrogen-bond acceptors (Lipinski definition) is 7. The maximum atomic E-state index is 12.8. The third-order valence-corrected chi connectivity index (χ3v) is 4.38. The van der Waals surface area contributed by atoms with Crippen molar-refractivity contribution in [2.45, 2.75) is 27.2 Å². The summed E-state index contributed by atoms with van der Waals surface area (Å²) >= 11 is 0. The van der Waals surface area contributed by atoms with Gasteiger partial charge in [-0.1, -0.05) is 31.2 Å². The van der Waals surface area contributed by atoms with Crippen molar-refractivity contribution in [2.24, 2.45) is 5.73 Å². The number of aliphatic hydroxyl groups is 2. The lowest BCUT2D eigenvalue weighted by atomic mass is 10.0. The molecule has 0 aliphatic heterocycles. The summed E-state index contributed by atoms with van der Waals surface area (Å²) in [7, 11) is 0. The maximum Gasteiger partial charge on any atom is 0.196 e. The zero-order valence-corrected chi connectivity index (χ0v) is 16.0. The lowest BCUT2D eigenvalue weighted by Gasteiger charge is -2.02. The Kier molecular flexibility index (Phi) is 6.10. The Labute approximate surface area is 159 Å². The van der Waals surface area contributed by atoms with Crippen molar-refractivity contribution in [3.8, 4) is 0 Å². The first-order valence-electron chi connectivity index (χ1n) is 8.80. The van der Waals surface area contributed by atoms with Crippen molar-refractivity contribution >= 4 is 22.3 Å². The highest BCUT2D eigenvalue weighted by atomic mass is 16.3. The zero-order chi connectivity index (χ0) is 21.2. The molecule has 0 saturated carbocycles. The van der Waals surface area contributed by atoms with Gasteiger partial charge in [0, 0.05) is 10.8 Å². The van der Waals surface area contributed by atoms with Crippen LogP contribution in [0.1, 0.15) is 27.2 Å². The van der Waals surface area contributed by atoms with E-state index in [1.807, 2.05) is 0 Å². The van der Waals surface area contributed by atoms with Crippen molar-refractivity contribution in [3.05, 3.63) is 76.3 Å². The number of hydrogen-bond donors (Lipinski definition) is 5. The van der Waals surface area contributed by atoms with E-state index >= 15 is 0 Å². The van der Waals surface area contributed by atoms with Crippen LogP contribution >= 0.6 is 0 Å². The third kappa shape index (κ3) is 3.32. The molecule has 0 heterocycles. The predicted octanol–water partition coefficient (Wildman–Crippen LogP) is -0.153. The van der Waals surface area contributed by atoms with Gasteiger partial charge in [0.1, 0.15) is 0 Å². The monoisotopic (exact) mass is 381 g/mol. The van der Waals surface area contributed by atoms with Crippen LogP contribution in [0.4, 0.5) is 0 Å². The summed E-state index contributed by atoms with van der Waals surface area (Å²) in [5.41, 5.74) is 3.95. The highest BCUT2D eigenvalue weighted by Gasteiger charge is 2.13. The van der Waals surface area contributed by atoms with E-state index in [0.29, 0.717) is 0 Å². The fraction of sp³-hybridized carbons (Fsp3) is 0.238. The topological polar surface area (TPSA) is 148 Å². The fourth-order valence-electron chi connectivity index (χ4n) is 3.08. The molecule has 0 fully saturated rings. The van der Waals surface area contributed by atoms with Gasteiger partial charge >= 0.3 is 0 Å². The molecule has 0 spiro atoms. The lowest BCUT2D eigenvalue weighted by Crippen LogP contribution is -2.54. The number of rotatable bonds is 1. The molecule has 0 aromatic heterocycles. The Hall–Kier alpha value is -3.32. The minimum Gasteiger partial charge on any atom is -0.512 e. The molecule has 0 bridgehead atoms. The average Bonchev–Trinajstić information content (AvgIpc) is 2.66. The largest absolute Gasteiger partial charge is 0.512 e. The van der Waals surface area contributed by atoms with E-state index in [9.17, 15) is 19.8 Å². The van der Waals surface area contributed by atoms with Crippen molar-refractivity contribution in [3.63, 3.8) is 0 Å². The van der Waals surface area contributed by atoms with Crippen LogP contribution < -0.4 is 37.7 Å². The van der Waals surface area contributed by atoms with Crippen LogP contribution in [0.15, 0.2) is 33.9 Å². The Morgan fingerprint density at radius 3 is 1.46 bits per heavy atom. The second-order valence-electron chi connectivity index (χ2n) is 6.41. The third-order valence-electron chi connectivity index (χ3n) is 4.38. The highest BCUT2D eigenvalue weighted by molar-refractivity contribution is 5.82. The molecule has 1 aromatic rings. The molecule has 28 heavy (non-hydrogen) atoms. The van der Waals surface area contributed by atoms with Crippen LogP contribution in [0.3, 0.4) is 0 Å². The van der Waals surface area contributed by atoms with Crippen LogP contribution in [0, 0.1) is 21.3 Å². The number of nitrogens with two attached hydrogens (primary N) is 1. The second-order valence-corrected chi connectivity index (χ2v) is 6.41. The first-order valence-corrected chi connectivity index (χ1v) is 8.80. The first-order chi connectivity index (χ1) is 13.2. The van der Waals surface area contributed by atoms with Crippen molar-refractivity contribution in [2.75, 3.05) is 6.54 Å². The van der Waals surface area contributed by atoms with Crippen LogP contribution in [0.2, 0.25) is 0 Å². The number of aliphatic hydroxyl groups excluding tert-OH is 2. The van der Waals surface area contributed by atoms with Crippen LogP contribution in [-0.2, 0) is 0 Å². The molecule has 0 atom stereocenters. The molecular weight excluding hydrogens is 358 g/mol. The van der Waals surface area contributed by atoms with E-state index in [-0.39, 0.29) is 53.9 Å². The quantitative estimate of drug-likeness (QED) is 0.397. The molecule has 0 radical (unpaired) electrons. The fourth-order valence-corrected chi connectivity index (χ4v) is 3.08. The Balaban J connectivity index is 0.000000640. The van der Waals surface area contributed by atoms with Gasteiger partial charge in [0.25, 0.3) is 0 Å². The Bertz CT molecular complexity index is 1330. The molecule has 1 aromatic carbocycles. The smallest absolute Gasteiger partial charge is 0.196 e. The van der Waals surface area contributed by atoms with Gasteiger partial charge in [-0.15, -0.1) is 0 Å². The summed E-state index contributed by atoms with van der Waals surface area (Å²) in [6, 6.07) is 6.22. The molecule has 0 saturated heterocycles. The highest BCUT2D eigenvalue weighted by Crippen LogP contribution is 2.03. The zero-order valence-electron chi connectivity index (χ0n) is 16.0. The number of fused-ring (bicyclic) bond motifs is 1. The summed E-state index contributed by atoms with van der Waals surface area (Å²) < 4.78 is 0. The van der Waals surface area contributed by atoms with Gasteiger partial charge < -0.3 is 15.9 Å². The molecule has 3 rings (SSSR count). The minimum absolute atomic E-state index is 0.112. The summed E-state index contributed by atoms with van der Waals surface area (Å²) in [5, 5.41) is 35.3. The van der Waals surface area contributed by atoms with Crippen molar-refractivity contribution in [1.29, 1.82) is 10.8 Å². The van der Waals surface area contributed by atoms with E-state index in [1.165, 1.54) is 26.0 Å². The molecule has 6 N–H and O–H groups in total. The molecule has 7 nitrogen and oxygen atoms in total. The Morgan fingerprint density at radius 2 is 1.21 bits per heavy atom. The predicted molar refractivity (Wildman–Crippen MR) is 108 cm³/mol. The maximum absolute atomic E-state index is 12.8. The summed E-state index contributed by atoms with van der Waals surface area (Å²) in [6.45, 7) is 5.48.